The number of hydrogen-bond acceptors (Lipinski definition) is 3. The van der Waals surface area contributed by atoms with Crippen molar-refractivity contribution in [1.82, 2.24) is 10.6 Å². The third kappa shape index (κ3) is 3.31. The van der Waals surface area contributed by atoms with Gasteiger partial charge in [-0.1, -0.05) is 30.3 Å². The zero-order valence-corrected chi connectivity index (χ0v) is 14.1. The molecule has 1 fully saturated rings. The standard InChI is InChI=1S/C19H24N2O3/c1-19(12-22,14-8-9-14)21-18(23)20-11-16-15-6-4-3-5-13(15)7-10-17(16)24-2/h3-7,10,14,22H,8-9,11-12H2,1-2H3,(H2,20,21,23)/t19-/m0/s1. The fraction of sp³-hybridized carbons (Fsp3) is 0.421. The highest BCUT2D eigenvalue weighted by molar-refractivity contribution is 5.88. The molecule has 1 atom stereocenters. The summed E-state index contributed by atoms with van der Waals surface area (Å²) in [6.45, 7) is 2.20. The number of methoxy groups -OCH3 is 1. The van der Waals surface area contributed by atoms with E-state index in [0.29, 0.717) is 12.5 Å². The van der Waals surface area contributed by atoms with E-state index in [9.17, 15) is 9.90 Å². The van der Waals surface area contributed by atoms with Crippen LogP contribution in [0.5, 0.6) is 5.75 Å². The third-order valence-electron chi connectivity index (χ3n) is 4.85. The SMILES string of the molecule is COc1ccc2ccccc2c1CNC(=O)N[C@@](C)(CO)C1CC1. The molecule has 0 unspecified atom stereocenters. The number of ether oxygens (including phenoxy) is 1. The van der Waals surface area contributed by atoms with Crippen LogP contribution in [0.2, 0.25) is 0 Å². The minimum Gasteiger partial charge on any atom is -0.496 e. The van der Waals surface area contributed by atoms with Gasteiger partial charge in [0.05, 0.1) is 19.3 Å². The van der Waals surface area contributed by atoms with Crippen molar-refractivity contribution < 1.29 is 14.6 Å². The zero-order valence-electron chi connectivity index (χ0n) is 14.1. The molecule has 0 heterocycles. The van der Waals surface area contributed by atoms with E-state index >= 15 is 0 Å². The van der Waals surface area contributed by atoms with Gasteiger partial charge in [-0.3, -0.25) is 0 Å². The highest BCUT2D eigenvalue weighted by Gasteiger charge is 2.42. The Morgan fingerprint density at radius 2 is 2.04 bits per heavy atom. The van der Waals surface area contributed by atoms with Gasteiger partial charge in [0.15, 0.2) is 0 Å². The van der Waals surface area contributed by atoms with Gasteiger partial charge in [-0.05, 0) is 42.5 Å². The van der Waals surface area contributed by atoms with Gasteiger partial charge < -0.3 is 20.5 Å². The largest absolute Gasteiger partial charge is 0.496 e. The molecule has 0 aliphatic heterocycles. The molecule has 24 heavy (non-hydrogen) atoms. The van der Waals surface area contributed by atoms with Crippen molar-refractivity contribution in [3.05, 3.63) is 42.0 Å². The lowest BCUT2D eigenvalue weighted by atomic mass is 9.97. The normalized spacial score (nSPS) is 16.5. The van der Waals surface area contributed by atoms with E-state index in [1.165, 1.54) is 0 Å². The summed E-state index contributed by atoms with van der Waals surface area (Å²) in [4.78, 5) is 12.3. The fourth-order valence-corrected chi connectivity index (χ4v) is 3.15. The Hall–Kier alpha value is -2.27. The lowest BCUT2D eigenvalue weighted by molar-refractivity contribution is 0.155. The minimum absolute atomic E-state index is 0.0529. The molecule has 1 saturated carbocycles. The van der Waals surface area contributed by atoms with Crippen molar-refractivity contribution in [2.75, 3.05) is 13.7 Å². The zero-order chi connectivity index (χ0) is 17.2. The van der Waals surface area contributed by atoms with Gasteiger partial charge in [-0.25, -0.2) is 4.79 Å². The van der Waals surface area contributed by atoms with Crippen molar-refractivity contribution in [3.63, 3.8) is 0 Å². The Labute approximate surface area is 142 Å². The number of carbonyl (C=O) groups is 1. The molecule has 5 nitrogen and oxygen atoms in total. The van der Waals surface area contributed by atoms with Crippen LogP contribution in [0.4, 0.5) is 4.79 Å². The number of hydrogen-bond donors (Lipinski definition) is 3. The highest BCUT2D eigenvalue weighted by atomic mass is 16.5. The first kappa shape index (κ1) is 16.6. The quantitative estimate of drug-likeness (QED) is 0.763. The summed E-state index contributed by atoms with van der Waals surface area (Å²) in [5, 5.41) is 17.6. The highest BCUT2D eigenvalue weighted by Crippen LogP contribution is 2.39. The van der Waals surface area contributed by atoms with Gasteiger partial charge >= 0.3 is 6.03 Å². The summed E-state index contributed by atoms with van der Waals surface area (Å²) in [5.41, 5.74) is 0.398. The molecule has 0 aromatic heterocycles. The third-order valence-corrected chi connectivity index (χ3v) is 4.85. The molecule has 2 amide bonds. The second-order valence-corrected chi connectivity index (χ2v) is 6.63. The number of fused-ring (bicyclic) bond motifs is 1. The summed E-state index contributed by atoms with van der Waals surface area (Å²) in [7, 11) is 1.63. The minimum atomic E-state index is -0.549. The van der Waals surface area contributed by atoms with Crippen LogP contribution in [0, 0.1) is 5.92 Å². The van der Waals surface area contributed by atoms with Crippen LogP contribution in [0.1, 0.15) is 25.3 Å². The van der Waals surface area contributed by atoms with Crippen LogP contribution < -0.4 is 15.4 Å². The van der Waals surface area contributed by atoms with E-state index in [4.69, 9.17) is 4.74 Å². The molecule has 1 aliphatic carbocycles. The molecule has 0 bridgehead atoms. The van der Waals surface area contributed by atoms with E-state index in [1.807, 2.05) is 43.3 Å². The fourth-order valence-electron chi connectivity index (χ4n) is 3.15. The predicted molar refractivity (Wildman–Crippen MR) is 94.1 cm³/mol. The molecule has 0 spiro atoms. The summed E-state index contributed by atoms with van der Waals surface area (Å²) in [5.74, 6) is 1.11. The first-order chi connectivity index (χ1) is 11.6. The second-order valence-electron chi connectivity index (χ2n) is 6.63. The maximum absolute atomic E-state index is 12.3. The molecular weight excluding hydrogens is 304 g/mol. The monoisotopic (exact) mass is 328 g/mol. The first-order valence-electron chi connectivity index (χ1n) is 8.29. The number of rotatable bonds is 6. The Kier molecular flexibility index (Phi) is 4.62. The molecule has 5 heteroatoms. The average molecular weight is 328 g/mol. The van der Waals surface area contributed by atoms with E-state index < -0.39 is 5.54 Å². The molecular formula is C19H24N2O3. The summed E-state index contributed by atoms with van der Waals surface area (Å²) in [6, 6.07) is 11.7. The van der Waals surface area contributed by atoms with Gasteiger partial charge in [-0.15, -0.1) is 0 Å². The first-order valence-corrected chi connectivity index (χ1v) is 8.29. The van der Waals surface area contributed by atoms with Crippen molar-refractivity contribution in [1.29, 1.82) is 0 Å². The van der Waals surface area contributed by atoms with Crippen LogP contribution in [-0.4, -0.2) is 30.4 Å². The molecule has 128 valence electrons. The van der Waals surface area contributed by atoms with Gasteiger partial charge in [0, 0.05) is 12.1 Å². The molecule has 0 saturated heterocycles. The van der Waals surface area contributed by atoms with Crippen molar-refractivity contribution >= 4 is 16.8 Å². The van der Waals surface area contributed by atoms with Gasteiger partial charge in [-0.2, -0.15) is 0 Å². The van der Waals surface area contributed by atoms with E-state index in [2.05, 4.69) is 10.6 Å². The smallest absolute Gasteiger partial charge is 0.315 e. The number of benzene rings is 2. The van der Waals surface area contributed by atoms with Crippen LogP contribution in [-0.2, 0) is 6.54 Å². The van der Waals surface area contributed by atoms with Crippen molar-refractivity contribution in [3.8, 4) is 5.75 Å². The number of nitrogens with one attached hydrogen (secondary N) is 2. The van der Waals surface area contributed by atoms with Crippen LogP contribution >= 0.6 is 0 Å². The number of amides is 2. The maximum Gasteiger partial charge on any atom is 0.315 e. The van der Waals surface area contributed by atoms with Crippen LogP contribution in [0.3, 0.4) is 0 Å². The summed E-state index contributed by atoms with van der Waals surface area (Å²) in [6.07, 6.45) is 2.10. The number of aliphatic hydroxyl groups excluding tert-OH is 1. The lowest BCUT2D eigenvalue weighted by Gasteiger charge is -2.28. The molecule has 0 radical (unpaired) electrons. The lowest BCUT2D eigenvalue weighted by Crippen LogP contribution is -2.53. The van der Waals surface area contributed by atoms with Gasteiger partial charge in [0.2, 0.25) is 0 Å². The molecule has 3 rings (SSSR count). The molecule has 2 aromatic rings. The summed E-state index contributed by atoms with van der Waals surface area (Å²) < 4.78 is 5.44. The van der Waals surface area contributed by atoms with E-state index in [0.717, 1.165) is 34.9 Å². The second kappa shape index (κ2) is 6.69. The molecule has 3 N–H and O–H groups in total. The molecule has 2 aromatic carbocycles. The maximum atomic E-state index is 12.3. The summed E-state index contributed by atoms with van der Waals surface area (Å²) >= 11 is 0. The number of carbonyl (C=O) groups excluding carboxylic acids is 1. The number of aliphatic hydroxyl groups is 1. The average Bonchev–Trinajstić information content (AvgIpc) is 3.45. The van der Waals surface area contributed by atoms with Crippen molar-refractivity contribution in [2.45, 2.75) is 31.8 Å². The van der Waals surface area contributed by atoms with Gasteiger partial charge in [0.25, 0.3) is 0 Å². The van der Waals surface area contributed by atoms with Crippen LogP contribution in [0.25, 0.3) is 10.8 Å². The van der Waals surface area contributed by atoms with Crippen molar-refractivity contribution in [2.24, 2.45) is 5.92 Å². The van der Waals surface area contributed by atoms with E-state index in [-0.39, 0.29) is 12.6 Å². The Bertz CT molecular complexity index is 742. The topological polar surface area (TPSA) is 70.6 Å². The number of urea groups is 1. The predicted octanol–water partition coefficient (Wildman–Crippen LogP) is 2.81. The Morgan fingerprint density at radius 3 is 2.71 bits per heavy atom. The molecule has 1 aliphatic rings. The Morgan fingerprint density at radius 1 is 1.29 bits per heavy atom. The van der Waals surface area contributed by atoms with E-state index in [1.54, 1.807) is 7.11 Å². The Balaban J connectivity index is 1.74. The van der Waals surface area contributed by atoms with Crippen LogP contribution in [0.15, 0.2) is 36.4 Å². The van der Waals surface area contributed by atoms with Gasteiger partial charge in [0.1, 0.15) is 5.75 Å².